The van der Waals surface area contributed by atoms with Gasteiger partial charge in [-0.2, -0.15) is 5.10 Å². The van der Waals surface area contributed by atoms with Gasteiger partial charge < -0.3 is 14.5 Å². The van der Waals surface area contributed by atoms with Gasteiger partial charge in [0, 0.05) is 31.6 Å². The number of hydrogen-bond donors (Lipinski definition) is 0. The fourth-order valence-corrected chi connectivity index (χ4v) is 2.76. The third kappa shape index (κ3) is 3.06. The molecule has 1 amide bonds. The van der Waals surface area contributed by atoms with Gasteiger partial charge in [-0.1, -0.05) is 20.8 Å². The molecule has 3 heterocycles. The lowest BCUT2D eigenvalue weighted by atomic mass is 9.92. The molecule has 1 aromatic heterocycles. The second-order valence-corrected chi connectivity index (χ2v) is 7.07. The highest BCUT2D eigenvalue weighted by atomic mass is 16.5. The minimum atomic E-state index is 0.00924. The van der Waals surface area contributed by atoms with E-state index in [9.17, 15) is 4.79 Å². The van der Waals surface area contributed by atoms with Gasteiger partial charge in [0.2, 0.25) is 5.91 Å². The van der Waals surface area contributed by atoms with Crippen LogP contribution in [0.5, 0.6) is 0 Å². The Balaban J connectivity index is 1.55. The first-order valence-corrected chi connectivity index (χ1v) is 7.91. The summed E-state index contributed by atoms with van der Waals surface area (Å²) in [7, 11) is 0. The van der Waals surface area contributed by atoms with E-state index >= 15 is 0 Å². The molecular weight excluding hydrogens is 280 g/mol. The minimum Gasteiger partial charge on any atom is -0.378 e. The third-order valence-electron chi connectivity index (χ3n) is 4.30. The minimum absolute atomic E-state index is 0.00924. The number of anilines is 1. The normalized spacial score (nSPS) is 20.0. The highest BCUT2D eigenvalue weighted by molar-refractivity contribution is 5.82. The molecule has 0 saturated carbocycles. The maximum atomic E-state index is 12.4. The lowest BCUT2D eigenvalue weighted by Crippen LogP contribution is -2.56. The first-order valence-electron chi connectivity index (χ1n) is 7.91. The first kappa shape index (κ1) is 15.2. The molecule has 22 heavy (non-hydrogen) atoms. The molecule has 0 bridgehead atoms. The summed E-state index contributed by atoms with van der Waals surface area (Å²) in [5.41, 5.74) is 0.993. The number of carbonyl (C=O) groups is 1. The van der Waals surface area contributed by atoms with E-state index in [1.807, 2.05) is 17.0 Å². The molecule has 2 aliphatic heterocycles. The molecular formula is C16H24N4O2. The molecule has 0 spiro atoms. The van der Waals surface area contributed by atoms with Crippen molar-refractivity contribution in [3.63, 3.8) is 0 Å². The Labute approximate surface area is 131 Å². The van der Waals surface area contributed by atoms with E-state index in [1.165, 1.54) is 0 Å². The molecule has 0 atom stereocenters. The number of ether oxygens (including phenoxy) is 1. The van der Waals surface area contributed by atoms with Gasteiger partial charge in [-0.15, -0.1) is 5.10 Å². The highest BCUT2D eigenvalue weighted by Crippen LogP contribution is 2.26. The summed E-state index contributed by atoms with van der Waals surface area (Å²) in [6.07, 6.45) is 0. The highest BCUT2D eigenvalue weighted by Gasteiger charge is 2.36. The number of morpholine rings is 1. The summed E-state index contributed by atoms with van der Waals surface area (Å²) >= 11 is 0. The van der Waals surface area contributed by atoms with Crippen LogP contribution in [-0.2, 0) is 14.9 Å². The van der Waals surface area contributed by atoms with E-state index in [4.69, 9.17) is 4.74 Å². The molecule has 6 nitrogen and oxygen atoms in total. The zero-order valence-electron chi connectivity index (χ0n) is 13.6. The molecule has 6 heteroatoms. The van der Waals surface area contributed by atoms with Crippen molar-refractivity contribution in [2.75, 3.05) is 44.3 Å². The van der Waals surface area contributed by atoms with Gasteiger partial charge in [0.25, 0.3) is 0 Å². The molecule has 1 aromatic rings. The van der Waals surface area contributed by atoms with Crippen molar-refractivity contribution in [2.24, 2.45) is 5.92 Å². The fourth-order valence-electron chi connectivity index (χ4n) is 2.76. The van der Waals surface area contributed by atoms with Gasteiger partial charge in [0.05, 0.1) is 24.8 Å². The first-order chi connectivity index (χ1) is 10.4. The molecule has 2 fully saturated rings. The van der Waals surface area contributed by atoms with Crippen LogP contribution in [0.3, 0.4) is 0 Å². The fraction of sp³-hybridized carbons (Fsp3) is 0.688. The predicted molar refractivity (Wildman–Crippen MR) is 83.8 cm³/mol. The molecule has 0 unspecified atom stereocenters. The van der Waals surface area contributed by atoms with Gasteiger partial charge in [-0.25, -0.2) is 0 Å². The summed E-state index contributed by atoms with van der Waals surface area (Å²) in [5, 5.41) is 8.61. The van der Waals surface area contributed by atoms with Crippen molar-refractivity contribution < 1.29 is 9.53 Å². The van der Waals surface area contributed by atoms with E-state index in [1.54, 1.807) is 0 Å². The summed E-state index contributed by atoms with van der Waals surface area (Å²) in [6.45, 7) is 10.6. The number of amides is 1. The number of rotatable bonds is 2. The molecule has 0 N–H and O–H groups in total. The predicted octanol–water partition coefficient (Wildman–Crippen LogP) is 1.07. The number of aromatic nitrogens is 2. The van der Waals surface area contributed by atoms with Crippen molar-refractivity contribution in [3.05, 3.63) is 17.8 Å². The summed E-state index contributed by atoms with van der Waals surface area (Å²) in [5.74, 6) is 1.19. The molecule has 0 aliphatic carbocycles. The van der Waals surface area contributed by atoms with Crippen molar-refractivity contribution >= 4 is 11.7 Å². The average molecular weight is 304 g/mol. The average Bonchev–Trinajstić information content (AvgIpc) is 2.46. The van der Waals surface area contributed by atoms with Gasteiger partial charge >= 0.3 is 0 Å². The molecule has 2 aliphatic rings. The molecule has 0 aromatic carbocycles. The lowest BCUT2D eigenvalue weighted by molar-refractivity contribution is -0.140. The Morgan fingerprint density at radius 1 is 1.18 bits per heavy atom. The van der Waals surface area contributed by atoms with Crippen LogP contribution >= 0.6 is 0 Å². The smallest absolute Gasteiger partial charge is 0.229 e. The summed E-state index contributed by atoms with van der Waals surface area (Å²) < 4.78 is 5.29. The van der Waals surface area contributed by atoms with E-state index in [0.29, 0.717) is 13.2 Å². The second-order valence-electron chi connectivity index (χ2n) is 7.07. The zero-order chi connectivity index (χ0) is 15.7. The molecule has 2 saturated heterocycles. The molecule has 3 rings (SSSR count). The second kappa shape index (κ2) is 5.83. The van der Waals surface area contributed by atoms with Crippen LogP contribution in [0.1, 0.15) is 26.5 Å². The van der Waals surface area contributed by atoms with Crippen LogP contribution in [-0.4, -0.2) is 60.4 Å². The van der Waals surface area contributed by atoms with E-state index in [-0.39, 0.29) is 17.2 Å². The number of nitrogens with zero attached hydrogens (tertiary/aromatic N) is 4. The standard InChI is InChI=1S/C16H24N4O2/c1-16(2,3)13-4-5-14(18-17-13)20-10-12(11-20)15(21)19-6-8-22-9-7-19/h4-5,12H,6-11H2,1-3H3. The van der Waals surface area contributed by atoms with E-state index in [2.05, 4.69) is 35.9 Å². The summed E-state index contributed by atoms with van der Waals surface area (Å²) in [4.78, 5) is 16.4. The third-order valence-corrected chi connectivity index (χ3v) is 4.30. The maximum Gasteiger partial charge on any atom is 0.229 e. The van der Waals surface area contributed by atoms with Gasteiger partial charge in [-0.05, 0) is 12.1 Å². The monoisotopic (exact) mass is 304 g/mol. The quantitative estimate of drug-likeness (QED) is 0.818. The van der Waals surface area contributed by atoms with Crippen LogP contribution in [0.4, 0.5) is 5.82 Å². The van der Waals surface area contributed by atoms with Crippen molar-refractivity contribution in [3.8, 4) is 0 Å². The van der Waals surface area contributed by atoms with Crippen molar-refractivity contribution in [2.45, 2.75) is 26.2 Å². The maximum absolute atomic E-state index is 12.4. The number of hydrogen-bond acceptors (Lipinski definition) is 5. The van der Waals surface area contributed by atoms with E-state index in [0.717, 1.165) is 37.7 Å². The van der Waals surface area contributed by atoms with Crippen LogP contribution in [0.2, 0.25) is 0 Å². The van der Waals surface area contributed by atoms with E-state index < -0.39 is 0 Å². The van der Waals surface area contributed by atoms with Crippen molar-refractivity contribution in [1.82, 2.24) is 15.1 Å². The molecule has 120 valence electrons. The van der Waals surface area contributed by atoms with Crippen LogP contribution < -0.4 is 4.90 Å². The van der Waals surface area contributed by atoms with Crippen LogP contribution in [0, 0.1) is 5.92 Å². The van der Waals surface area contributed by atoms with Gasteiger partial charge in [0.15, 0.2) is 5.82 Å². The number of carbonyl (C=O) groups excluding carboxylic acids is 1. The van der Waals surface area contributed by atoms with Gasteiger partial charge in [-0.3, -0.25) is 4.79 Å². The topological polar surface area (TPSA) is 58.6 Å². The van der Waals surface area contributed by atoms with Crippen molar-refractivity contribution in [1.29, 1.82) is 0 Å². The zero-order valence-corrected chi connectivity index (χ0v) is 13.6. The Kier molecular flexibility index (Phi) is 4.04. The lowest BCUT2D eigenvalue weighted by Gasteiger charge is -2.41. The SMILES string of the molecule is CC(C)(C)c1ccc(N2CC(C(=O)N3CCOCC3)C2)nn1. The van der Waals surface area contributed by atoms with Crippen LogP contribution in [0.25, 0.3) is 0 Å². The Bertz CT molecular complexity index is 526. The largest absolute Gasteiger partial charge is 0.378 e. The Hall–Kier alpha value is -1.69. The van der Waals surface area contributed by atoms with Gasteiger partial charge in [0.1, 0.15) is 0 Å². The Morgan fingerprint density at radius 2 is 1.86 bits per heavy atom. The van der Waals surface area contributed by atoms with Crippen LogP contribution in [0.15, 0.2) is 12.1 Å². The Morgan fingerprint density at radius 3 is 2.41 bits per heavy atom. The summed E-state index contributed by atoms with van der Waals surface area (Å²) in [6, 6.07) is 4.03. The molecule has 0 radical (unpaired) electrons.